The van der Waals surface area contributed by atoms with Gasteiger partial charge in [0, 0.05) is 38.7 Å². The number of ketones is 1. The number of hydrogen-bond acceptors (Lipinski definition) is 4. The van der Waals surface area contributed by atoms with Gasteiger partial charge in [0.2, 0.25) is 5.91 Å². The molecule has 0 radical (unpaired) electrons. The van der Waals surface area contributed by atoms with E-state index in [1.807, 2.05) is 10.7 Å². The second-order valence-electron chi connectivity index (χ2n) is 7.25. The second kappa shape index (κ2) is 7.02. The lowest BCUT2D eigenvalue weighted by atomic mass is 10.2. The number of carbonyl (C=O) groups excluding carboxylic acids is 3. The summed E-state index contributed by atoms with van der Waals surface area (Å²) in [5.41, 5.74) is 2.13. The molecule has 8 nitrogen and oxygen atoms in total. The van der Waals surface area contributed by atoms with Gasteiger partial charge in [0.1, 0.15) is 0 Å². The van der Waals surface area contributed by atoms with Gasteiger partial charge in [-0.05, 0) is 31.0 Å². The van der Waals surface area contributed by atoms with Crippen LogP contribution in [0.25, 0.3) is 0 Å². The van der Waals surface area contributed by atoms with Crippen LogP contribution in [0.15, 0.2) is 24.4 Å². The highest BCUT2D eigenvalue weighted by Crippen LogP contribution is 2.19. The number of carbonyl (C=O) groups is 3. The average molecular weight is 369 g/mol. The second-order valence-corrected chi connectivity index (χ2v) is 7.25. The van der Waals surface area contributed by atoms with Gasteiger partial charge in [0.05, 0.1) is 30.2 Å². The van der Waals surface area contributed by atoms with Crippen LogP contribution in [0.5, 0.6) is 0 Å². The number of aromatic nitrogens is 3. The molecule has 0 aromatic carbocycles. The van der Waals surface area contributed by atoms with Crippen molar-refractivity contribution in [2.45, 2.75) is 44.8 Å². The fourth-order valence-electron chi connectivity index (χ4n) is 3.34. The minimum Gasteiger partial charge on any atom is -0.353 e. The van der Waals surface area contributed by atoms with Crippen LogP contribution >= 0.6 is 0 Å². The van der Waals surface area contributed by atoms with Crippen molar-refractivity contribution in [2.75, 3.05) is 6.54 Å². The van der Waals surface area contributed by atoms with Crippen molar-refractivity contribution in [3.63, 3.8) is 0 Å². The number of Topliss-reactive ketones (excluding diaryl/α,β-unsaturated/α-hetero) is 1. The summed E-state index contributed by atoms with van der Waals surface area (Å²) in [5, 5.41) is 7.50. The zero-order valence-electron chi connectivity index (χ0n) is 15.4. The Balaban J connectivity index is 1.37. The normalized spacial score (nSPS) is 16.1. The predicted molar refractivity (Wildman–Crippen MR) is 96.9 cm³/mol. The Hall–Kier alpha value is -2.90. The van der Waals surface area contributed by atoms with E-state index in [0.29, 0.717) is 44.2 Å². The molecule has 1 aliphatic carbocycles. The number of hydrogen-bond donors (Lipinski definition) is 1. The molecule has 2 aliphatic rings. The predicted octanol–water partition coefficient (Wildman–Crippen LogP) is 0.658. The van der Waals surface area contributed by atoms with E-state index in [9.17, 15) is 14.4 Å². The third-order valence-electron chi connectivity index (χ3n) is 5.06. The van der Waals surface area contributed by atoms with E-state index < -0.39 is 11.7 Å². The molecule has 0 bridgehead atoms. The van der Waals surface area contributed by atoms with Crippen molar-refractivity contribution >= 4 is 17.6 Å². The molecule has 1 aliphatic heterocycles. The van der Waals surface area contributed by atoms with Gasteiger partial charge in [0.25, 0.3) is 11.7 Å². The van der Waals surface area contributed by atoms with Crippen molar-refractivity contribution in [3.8, 4) is 0 Å². The fraction of sp³-hybridized carbons (Fsp3) is 0.474. The van der Waals surface area contributed by atoms with Gasteiger partial charge in [-0.2, -0.15) is 5.10 Å². The lowest BCUT2D eigenvalue weighted by molar-refractivity contribution is -0.128. The topological polar surface area (TPSA) is 89.2 Å². The summed E-state index contributed by atoms with van der Waals surface area (Å²) < 4.78 is 3.52. The minimum atomic E-state index is -0.493. The summed E-state index contributed by atoms with van der Waals surface area (Å²) in [6.45, 7) is 1.36. The Morgan fingerprint density at radius 3 is 2.78 bits per heavy atom. The number of amides is 2. The lowest BCUT2D eigenvalue weighted by Crippen LogP contribution is -2.42. The highest BCUT2D eigenvalue weighted by Gasteiger charge is 2.29. The molecule has 2 aromatic rings. The van der Waals surface area contributed by atoms with Gasteiger partial charge in [0.15, 0.2) is 0 Å². The maximum absolute atomic E-state index is 12.6. The fourth-order valence-corrected chi connectivity index (χ4v) is 3.34. The highest BCUT2D eigenvalue weighted by molar-refractivity contribution is 6.42. The maximum Gasteiger partial charge on any atom is 0.296 e. The highest BCUT2D eigenvalue weighted by atomic mass is 16.2. The summed E-state index contributed by atoms with van der Waals surface area (Å²) in [4.78, 5) is 38.4. The number of rotatable bonds is 6. The van der Waals surface area contributed by atoms with Gasteiger partial charge >= 0.3 is 0 Å². The van der Waals surface area contributed by atoms with E-state index in [1.54, 1.807) is 34.8 Å². The zero-order valence-corrected chi connectivity index (χ0v) is 15.4. The van der Waals surface area contributed by atoms with Crippen LogP contribution in [-0.2, 0) is 36.1 Å². The molecule has 0 atom stereocenters. The number of aryl methyl sites for hydroxylation is 2. The van der Waals surface area contributed by atoms with Crippen LogP contribution < -0.4 is 5.32 Å². The van der Waals surface area contributed by atoms with E-state index in [4.69, 9.17) is 0 Å². The smallest absolute Gasteiger partial charge is 0.296 e. The molecule has 3 heterocycles. The first-order chi connectivity index (χ1) is 13.0. The van der Waals surface area contributed by atoms with Crippen LogP contribution in [-0.4, -0.2) is 49.4 Å². The minimum absolute atomic E-state index is 0.0634. The van der Waals surface area contributed by atoms with Crippen molar-refractivity contribution in [3.05, 3.63) is 41.5 Å². The van der Waals surface area contributed by atoms with E-state index >= 15 is 0 Å². The number of nitrogens with zero attached hydrogens (tertiary/aromatic N) is 4. The summed E-state index contributed by atoms with van der Waals surface area (Å²) >= 11 is 0. The van der Waals surface area contributed by atoms with Crippen LogP contribution in [0.2, 0.25) is 0 Å². The van der Waals surface area contributed by atoms with E-state index in [2.05, 4.69) is 10.4 Å². The Labute approximate surface area is 157 Å². The molecule has 2 aromatic heterocycles. The largest absolute Gasteiger partial charge is 0.353 e. The molecule has 1 fully saturated rings. The molecule has 27 heavy (non-hydrogen) atoms. The van der Waals surface area contributed by atoms with Crippen molar-refractivity contribution in [1.29, 1.82) is 0 Å². The van der Waals surface area contributed by atoms with Gasteiger partial charge < -0.3 is 14.8 Å². The van der Waals surface area contributed by atoms with Gasteiger partial charge in [-0.15, -0.1) is 0 Å². The molecular formula is C19H23N5O3. The maximum atomic E-state index is 12.6. The molecular weight excluding hydrogens is 346 g/mol. The van der Waals surface area contributed by atoms with Crippen molar-refractivity contribution in [1.82, 2.24) is 24.6 Å². The number of nitrogens with one attached hydrogen (secondary N) is 1. The van der Waals surface area contributed by atoms with Gasteiger partial charge in [-0.25, -0.2) is 0 Å². The molecule has 4 rings (SSSR count). The van der Waals surface area contributed by atoms with Gasteiger partial charge in [-0.3, -0.25) is 19.1 Å². The zero-order chi connectivity index (χ0) is 19.0. The quantitative estimate of drug-likeness (QED) is 0.598. The monoisotopic (exact) mass is 369 g/mol. The molecule has 0 saturated heterocycles. The Kier molecular flexibility index (Phi) is 4.55. The average Bonchev–Trinajstić information content (AvgIpc) is 3.21. The number of fused-ring (bicyclic) bond motifs is 1. The van der Waals surface area contributed by atoms with E-state index in [1.165, 1.54) is 0 Å². The Bertz CT molecular complexity index is 893. The van der Waals surface area contributed by atoms with E-state index in [-0.39, 0.29) is 5.91 Å². The Morgan fingerprint density at radius 1 is 1.26 bits per heavy atom. The van der Waals surface area contributed by atoms with Crippen LogP contribution in [0, 0.1) is 0 Å². The molecule has 0 unspecified atom stereocenters. The SMILES string of the molecule is Cn1cccc1C(=O)C(=O)N1CCn2nc(CCC(=O)NC3CC3)cc2C1. The summed E-state index contributed by atoms with van der Waals surface area (Å²) in [6.07, 6.45) is 4.90. The standard InChI is InChI=1S/C19H23N5O3/c1-22-8-2-3-16(22)18(26)19(27)23-9-10-24-15(12-23)11-14(21-24)6-7-17(25)20-13-4-5-13/h2-3,8,11,13H,4-7,9-10,12H2,1H3,(H,20,25). The first-order valence-electron chi connectivity index (χ1n) is 9.31. The van der Waals surface area contributed by atoms with Crippen LogP contribution in [0.3, 0.4) is 0 Å². The van der Waals surface area contributed by atoms with Crippen LogP contribution in [0.1, 0.15) is 41.1 Å². The van der Waals surface area contributed by atoms with Crippen LogP contribution in [0.4, 0.5) is 0 Å². The molecule has 8 heteroatoms. The first-order valence-corrected chi connectivity index (χ1v) is 9.31. The molecule has 1 N–H and O–H groups in total. The molecule has 0 spiro atoms. The molecule has 2 amide bonds. The third-order valence-corrected chi connectivity index (χ3v) is 5.06. The third kappa shape index (κ3) is 3.79. The summed E-state index contributed by atoms with van der Waals surface area (Å²) in [7, 11) is 1.75. The molecule has 1 saturated carbocycles. The summed E-state index contributed by atoms with van der Waals surface area (Å²) in [6, 6.07) is 5.70. The Morgan fingerprint density at radius 2 is 2.07 bits per heavy atom. The van der Waals surface area contributed by atoms with Crippen molar-refractivity contribution in [2.24, 2.45) is 7.05 Å². The summed E-state index contributed by atoms with van der Waals surface area (Å²) in [5.74, 6) is -0.921. The molecule has 142 valence electrons. The van der Waals surface area contributed by atoms with E-state index in [0.717, 1.165) is 24.2 Å². The van der Waals surface area contributed by atoms with Gasteiger partial charge in [-0.1, -0.05) is 0 Å². The van der Waals surface area contributed by atoms with Crippen molar-refractivity contribution < 1.29 is 14.4 Å². The first kappa shape index (κ1) is 17.5. The lowest BCUT2D eigenvalue weighted by Gasteiger charge is -2.27.